The van der Waals surface area contributed by atoms with E-state index in [1.807, 2.05) is 18.6 Å². The quantitative estimate of drug-likeness (QED) is 0.801. The van der Waals surface area contributed by atoms with E-state index >= 15 is 0 Å². The van der Waals surface area contributed by atoms with Crippen LogP contribution in [0.15, 0.2) is 41.7 Å². The molecule has 1 saturated carbocycles. The fourth-order valence-corrected chi connectivity index (χ4v) is 3.95. The van der Waals surface area contributed by atoms with Crippen LogP contribution in [0, 0.1) is 12.8 Å². The van der Waals surface area contributed by atoms with E-state index in [1.165, 1.54) is 37.7 Å². The second-order valence-electron chi connectivity index (χ2n) is 6.78. The first-order valence-corrected chi connectivity index (χ1v) is 8.70. The van der Waals surface area contributed by atoms with Crippen molar-refractivity contribution in [2.75, 3.05) is 0 Å². The van der Waals surface area contributed by atoms with Gasteiger partial charge in [-0.2, -0.15) is 0 Å². The lowest BCUT2D eigenvalue weighted by Gasteiger charge is -2.31. The minimum Gasteiger partial charge on any atom is -0.330 e. The summed E-state index contributed by atoms with van der Waals surface area (Å²) in [6.45, 7) is 1.75. The Bertz CT molecular complexity index is 891. The van der Waals surface area contributed by atoms with Crippen LogP contribution in [0.5, 0.6) is 0 Å². The summed E-state index contributed by atoms with van der Waals surface area (Å²) in [6, 6.07) is 6.50. The molecule has 1 N–H and O–H groups in total. The largest absolute Gasteiger partial charge is 0.330 e. The van der Waals surface area contributed by atoms with Gasteiger partial charge in [0.15, 0.2) is 0 Å². The number of rotatable bonds is 3. The van der Waals surface area contributed by atoms with Crippen LogP contribution < -0.4 is 5.56 Å². The number of aromatic amines is 1. The maximum absolute atomic E-state index is 11.8. The van der Waals surface area contributed by atoms with Crippen molar-refractivity contribution in [1.29, 1.82) is 0 Å². The van der Waals surface area contributed by atoms with Gasteiger partial charge in [-0.1, -0.05) is 25.3 Å². The Balaban J connectivity index is 1.81. The highest BCUT2D eigenvalue weighted by Gasteiger charge is 2.26. The molecule has 124 valence electrons. The molecule has 0 saturated heterocycles. The van der Waals surface area contributed by atoms with Gasteiger partial charge in [-0.3, -0.25) is 4.79 Å². The lowest BCUT2D eigenvalue weighted by molar-refractivity contribution is 0.279. The molecular weight excluding hydrogens is 300 g/mol. The molecule has 0 bridgehead atoms. The topological polar surface area (TPSA) is 63.6 Å². The molecule has 24 heavy (non-hydrogen) atoms. The van der Waals surface area contributed by atoms with Crippen molar-refractivity contribution in [3.8, 4) is 0 Å². The van der Waals surface area contributed by atoms with E-state index in [2.05, 4.69) is 37.8 Å². The molecule has 0 aliphatic heterocycles. The molecule has 5 heteroatoms. The van der Waals surface area contributed by atoms with Gasteiger partial charge in [0.05, 0.1) is 23.4 Å². The summed E-state index contributed by atoms with van der Waals surface area (Å²) in [5, 5.41) is 0. The number of aromatic nitrogens is 4. The number of aryl methyl sites for hydroxylation is 1. The molecule has 1 atom stereocenters. The minimum atomic E-state index is -0.117. The van der Waals surface area contributed by atoms with Crippen LogP contribution in [0.3, 0.4) is 0 Å². The summed E-state index contributed by atoms with van der Waals surface area (Å²) in [7, 11) is 0. The number of hydrogen-bond acceptors (Lipinski definition) is 3. The maximum atomic E-state index is 11.8. The zero-order chi connectivity index (χ0) is 16.5. The molecule has 0 spiro atoms. The van der Waals surface area contributed by atoms with Gasteiger partial charge < -0.3 is 9.55 Å². The zero-order valence-electron chi connectivity index (χ0n) is 13.9. The Morgan fingerprint density at radius 2 is 2.08 bits per heavy atom. The number of hydrogen-bond donors (Lipinski definition) is 1. The predicted molar refractivity (Wildman–Crippen MR) is 94.0 cm³/mol. The van der Waals surface area contributed by atoms with E-state index < -0.39 is 0 Å². The third kappa shape index (κ3) is 2.75. The van der Waals surface area contributed by atoms with Gasteiger partial charge in [0.1, 0.15) is 5.69 Å². The summed E-state index contributed by atoms with van der Waals surface area (Å²) >= 11 is 0. The molecule has 2 aromatic heterocycles. The first kappa shape index (κ1) is 15.1. The van der Waals surface area contributed by atoms with Crippen molar-refractivity contribution in [2.24, 2.45) is 5.92 Å². The third-order valence-corrected chi connectivity index (χ3v) is 5.17. The highest BCUT2D eigenvalue weighted by molar-refractivity contribution is 5.75. The molecule has 0 amide bonds. The first-order valence-electron chi connectivity index (χ1n) is 8.70. The molecule has 0 radical (unpaired) electrons. The molecule has 1 aromatic carbocycles. The van der Waals surface area contributed by atoms with Crippen molar-refractivity contribution in [2.45, 2.75) is 45.1 Å². The van der Waals surface area contributed by atoms with Crippen LogP contribution in [0.25, 0.3) is 11.0 Å². The Kier molecular flexibility index (Phi) is 3.92. The average Bonchev–Trinajstić information content (AvgIpc) is 3.11. The molecule has 2 heterocycles. The van der Waals surface area contributed by atoms with Gasteiger partial charge >= 0.3 is 0 Å². The van der Waals surface area contributed by atoms with Crippen molar-refractivity contribution in [3.05, 3.63) is 58.5 Å². The smallest absolute Gasteiger partial charge is 0.269 e. The lowest BCUT2D eigenvalue weighted by Crippen LogP contribution is -2.22. The molecule has 3 aromatic rings. The number of fused-ring (bicyclic) bond motifs is 1. The van der Waals surface area contributed by atoms with E-state index in [0.29, 0.717) is 11.6 Å². The summed E-state index contributed by atoms with van der Waals surface area (Å²) in [5.41, 5.74) is 3.28. The standard InChI is InChI=1S/C19H22N4O/c1-13-19(24)22-16-8-7-15(11-17(16)21-13)18(23-10-9-20-12-23)14-5-3-2-4-6-14/h7-12,14,18H,2-6H2,1H3,(H,22,24). The number of H-pyrrole nitrogens is 1. The van der Waals surface area contributed by atoms with Crippen LogP contribution in [-0.4, -0.2) is 19.5 Å². The molecule has 1 aliphatic carbocycles. The van der Waals surface area contributed by atoms with Crippen LogP contribution in [-0.2, 0) is 0 Å². The summed E-state index contributed by atoms with van der Waals surface area (Å²) in [5.74, 6) is 0.620. The number of benzene rings is 1. The molecule has 1 fully saturated rings. The van der Waals surface area contributed by atoms with Gasteiger partial charge in [0.25, 0.3) is 5.56 Å². The maximum Gasteiger partial charge on any atom is 0.269 e. The monoisotopic (exact) mass is 322 g/mol. The SMILES string of the molecule is Cc1nc2cc(C(C3CCCCC3)n3ccnc3)ccc2[nH]c1=O. The van der Waals surface area contributed by atoms with Crippen LogP contribution in [0.2, 0.25) is 0 Å². The van der Waals surface area contributed by atoms with E-state index in [-0.39, 0.29) is 11.6 Å². The summed E-state index contributed by atoms with van der Waals surface area (Å²) in [6.07, 6.45) is 12.2. The number of nitrogens with one attached hydrogen (secondary N) is 1. The van der Waals surface area contributed by atoms with E-state index in [4.69, 9.17) is 0 Å². The van der Waals surface area contributed by atoms with E-state index in [0.717, 1.165) is 11.0 Å². The third-order valence-electron chi connectivity index (χ3n) is 5.17. The van der Waals surface area contributed by atoms with Crippen molar-refractivity contribution in [3.63, 3.8) is 0 Å². The molecule has 5 nitrogen and oxygen atoms in total. The number of imidazole rings is 1. The first-order chi connectivity index (χ1) is 11.7. The zero-order valence-corrected chi connectivity index (χ0v) is 13.9. The lowest BCUT2D eigenvalue weighted by atomic mass is 9.81. The Morgan fingerprint density at radius 3 is 2.83 bits per heavy atom. The van der Waals surface area contributed by atoms with E-state index in [9.17, 15) is 4.79 Å². The van der Waals surface area contributed by atoms with Crippen molar-refractivity contribution < 1.29 is 0 Å². The van der Waals surface area contributed by atoms with Gasteiger partial charge in [0.2, 0.25) is 0 Å². The highest BCUT2D eigenvalue weighted by Crippen LogP contribution is 2.37. The average molecular weight is 322 g/mol. The van der Waals surface area contributed by atoms with Gasteiger partial charge in [-0.25, -0.2) is 9.97 Å². The molecular formula is C19H22N4O. The van der Waals surface area contributed by atoms with Crippen LogP contribution >= 0.6 is 0 Å². The molecule has 1 aliphatic rings. The highest BCUT2D eigenvalue weighted by atomic mass is 16.1. The summed E-state index contributed by atoms with van der Waals surface area (Å²) < 4.78 is 2.22. The molecule has 4 rings (SSSR count). The Hall–Kier alpha value is -2.43. The van der Waals surface area contributed by atoms with Gasteiger partial charge in [-0.15, -0.1) is 0 Å². The number of nitrogens with zero attached hydrogens (tertiary/aromatic N) is 3. The van der Waals surface area contributed by atoms with Crippen molar-refractivity contribution >= 4 is 11.0 Å². The van der Waals surface area contributed by atoms with E-state index in [1.54, 1.807) is 6.92 Å². The van der Waals surface area contributed by atoms with Gasteiger partial charge in [-0.05, 0) is 43.4 Å². The minimum absolute atomic E-state index is 0.117. The predicted octanol–water partition coefficient (Wildman–Crippen LogP) is 3.60. The second-order valence-corrected chi connectivity index (χ2v) is 6.78. The summed E-state index contributed by atoms with van der Waals surface area (Å²) in [4.78, 5) is 23.4. The molecule has 1 unspecified atom stereocenters. The Labute approximate surface area is 140 Å². The van der Waals surface area contributed by atoms with Crippen LogP contribution in [0.4, 0.5) is 0 Å². The van der Waals surface area contributed by atoms with Crippen molar-refractivity contribution in [1.82, 2.24) is 19.5 Å². The van der Waals surface area contributed by atoms with Gasteiger partial charge in [0, 0.05) is 12.4 Å². The fraction of sp³-hybridized carbons (Fsp3) is 0.421. The normalized spacial score (nSPS) is 17.2. The van der Waals surface area contributed by atoms with Crippen LogP contribution in [0.1, 0.15) is 49.4 Å². The fourth-order valence-electron chi connectivity index (χ4n) is 3.95. The second kappa shape index (κ2) is 6.23. The Morgan fingerprint density at radius 1 is 1.25 bits per heavy atom.